The molecule has 0 spiro atoms. The second kappa shape index (κ2) is 8.27. The molecule has 26 heavy (non-hydrogen) atoms. The van der Waals surface area contributed by atoms with E-state index < -0.39 is 0 Å². The van der Waals surface area contributed by atoms with Crippen molar-refractivity contribution in [3.8, 4) is 0 Å². The van der Waals surface area contributed by atoms with Crippen molar-refractivity contribution in [1.82, 2.24) is 9.97 Å². The number of methoxy groups -OCH3 is 1. The highest BCUT2D eigenvalue weighted by atomic mass is 32.2. The molecule has 0 amide bonds. The van der Waals surface area contributed by atoms with Crippen LogP contribution in [0.5, 0.6) is 0 Å². The predicted octanol–water partition coefficient (Wildman–Crippen LogP) is 4.22. The topological polar surface area (TPSA) is 50.3 Å². The molecule has 1 aromatic heterocycles. The Bertz CT molecular complexity index is 722. The fourth-order valence-electron chi connectivity index (χ4n) is 2.84. The number of aromatic nitrogens is 2. The van der Waals surface area contributed by atoms with Crippen LogP contribution in [-0.2, 0) is 16.8 Å². The Morgan fingerprint density at radius 3 is 2.42 bits per heavy atom. The van der Waals surface area contributed by atoms with Gasteiger partial charge in [-0.15, -0.1) is 0 Å². The molecular weight excluding hydrogens is 344 g/mol. The minimum atomic E-state index is -0.115. The van der Waals surface area contributed by atoms with Gasteiger partial charge in [0.2, 0.25) is 0 Å². The first-order chi connectivity index (χ1) is 12.5. The van der Waals surface area contributed by atoms with Crippen LogP contribution in [0.15, 0.2) is 30.3 Å². The molecule has 0 bridgehead atoms. The van der Waals surface area contributed by atoms with E-state index in [-0.39, 0.29) is 5.41 Å². The normalized spacial score (nSPS) is 15.2. The first kappa shape index (κ1) is 19.0. The van der Waals surface area contributed by atoms with E-state index in [1.54, 1.807) is 7.11 Å². The first-order valence-electron chi connectivity index (χ1n) is 9.03. The van der Waals surface area contributed by atoms with Gasteiger partial charge in [0.15, 0.2) is 0 Å². The Kier molecular flexibility index (Phi) is 6.04. The van der Waals surface area contributed by atoms with E-state index >= 15 is 0 Å². The number of nitrogens with one attached hydrogen (secondary N) is 1. The van der Waals surface area contributed by atoms with Gasteiger partial charge >= 0.3 is 0 Å². The number of ether oxygens (including phenoxy) is 1. The predicted molar refractivity (Wildman–Crippen MR) is 111 cm³/mol. The Hall–Kier alpha value is -1.79. The molecule has 1 aliphatic heterocycles. The summed E-state index contributed by atoms with van der Waals surface area (Å²) in [6.07, 6.45) is 0. The second-order valence-corrected chi connectivity index (χ2v) is 8.75. The number of thioether (sulfide) groups is 1. The highest BCUT2D eigenvalue weighted by molar-refractivity contribution is 7.99. The van der Waals surface area contributed by atoms with Crippen LogP contribution in [0.1, 0.15) is 32.3 Å². The third-order valence-electron chi connectivity index (χ3n) is 4.26. The molecule has 2 aromatic rings. The molecule has 0 radical (unpaired) electrons. The summed E-state index contributed by atoms with van der Waals surface area (Å²) in [6, 6.07) is 10.5. The average molecular weight is 373 g/mol. The minimum Gasteiger partial charge on any atom is -0.378 e. The van der Waals surface area contributed by atoms with Crippen molar-refractivity contribution in [3.63, 3.8) is 0 Å². The molecule has 6 heteroatoms. The van der Waals surface area contributed by atoms with Gasteiger partial charge in [-0.2, -0.15) is 11.8 Å². The fraction of sp³-hybridized carbons (Fsp3) is 0.500. The van der Waals surface area contributed by atoms with Gasteiger partial charge in [-0.3, -0.25) is 0 Å². The zero-order chi connectivity index (χ0) is 18.6. The third-order valence-corrected chi connectivity index (χ3v) is 5.20. The summed E-state index contributed by atoms with van der Waals surface area (Å²) in [5.74, 6) is 4.04. The van der Waals surface area contributed by atoms with Crippen molar-refractivity contribution in [3.05, 3.63) is 41.9 Å². The van der Waals surface area contributed by atoms with Crippen molar-refractivity contribution in [2.24, 2.45) is 0 Å². The molecule has 3 rings (SSSR count). The summed E-state index contributed by atoms with van der Waals surface area (Å²) in [7, 11) is 1.68. The summed E-state index contributed by atoms with van der Waals surface area (Å²) in [4.78, 5) is 11.8. The van der Waals surface area contributed by atoms with Gasteiger partial charge in [0.25, 0.3) is 0 Å². The lowest BCUT2D eigenvalue weighted by Gasteiger charge is -2.28. The first-order valence-corrected chi connectivity index (χ1v) is 10.2. The molecular formula is C20H28N4OS. The minimum absolute atomic E-state index is 0.115. The zero-order valence-corrected chi connectivity index (χ0v) is 16.9. The van der Waals surface area contributed by atoms with Crippen LogP contribution < -0.4 is 10.2 Å². The summed E-state index contributed by atoms with van der Waals surface area (Å²) >= 11 is 2.03. The van der Waals surface area contributed by atoms with Crippen LogP contribution in [0.4, 0.5) is 17.2 Å². The largest absolute Gasteiger partial charge is 0.378 e. The SMILES string of the molecule is COCc1cc(Nc2ccc(N3CCSCC3)cc2)nc(C(C)(C)C)n1. The number of rotatable bonds is 5. The van der Waals surface area contributed by atoms with E-state index in [1.165, 1.54) is 17.2 Å². The standard InChI is InChI=1S/C20H28N4OS/c1-20(2,3)19-22-16(14-25-4)13-18(23-19)21-15-5-7-17(8-6-15)24-9-11-26-12-10-24/h5-8,13H,9-12,14H2,1-4H3,(H,21,22,23). The highest BCUT2D eigenvalue weighted by Gasteiger charge is 2.19. The lowest BCUT2D eigenvalue weighted by molar-refractivity contribution is 0.181. The molecule has 1 fully saturated rings. The van der Waals surface area contributed by atoms with Crippen LogP contribution in [0.25, 0.3) is 0 Å². The van der Waals surface area contributed by atoms with Gasteiger partial charge in [-0.05, 0) is 24.3 Å². The molecule has 0 aliphatic carbocycles. The number of hydrogen-bond donors (Lipinski definition) is 1. The molecule has 0 saturated carbocycles. The van der Waals surface area contributed by atoms with Gasteiger partial charge in [-0.25, -0.2) is 9.97 Å². The van der Waals surface area contributed by atoms with Crippen LogP contribution >= 0.6 is 11.8 Å². The van der Waals surface area contributed by atoms with Crippen molar-refractivity contribution in [2.75, 3.05) is 41.9 Å². The van der Waals surface area contributed by atoms with E-state index in [0.717, 1.165) is 36.1 Å². The lowest BCUT2D eigenvalue weighted by atomic mass is 9.95. The smallest absolute Gasteiger partial charge is 0.136 e. The molecule has 140 valence electrons. The van der Waals surface area contributed by atoms with E-state index in [4.69, 9.17) is 9.72 Å². The summed E-state index contributed by atoms with van der Waals surface area (Å²) in [5, 5.41) is 3.42. The van der Waals surface area contributed by atoms with Crippen molar-refractivity contribution >= 4 is 29.0 Å². The van der Waals surface area contributed by atoms with Crippen molar-refractivity contribution in [2.45, 2.75) is 32.8 Å². The average Bonchev–Trinajstić information content (AvgIpc) is 2.62. The van der Waals surface area contributed by atoms with E-state index in [1.807, 2.05) is 17.8 Å². The van der Waals surface area contributed by atoms with E-state index in [2.05, 4.69) is 60.2 Å². The zero-order valence-electron chi connectivity index (χ0n) is 16.1. The molecule has 2 heterocycles. The van der Waals surface area contributed by atoms with Gasteiger partial charge in [0.1, 0.15) is 11.6 Å². The summed E-state index contributed by atoms with van der Waals surface area (Å²) in [6.45, 7) is 9.08. The monoisotopic (exact) mass is 372 g/mol. The van der Waals surface area contributed by atoms with Gasteiger partial charge in [0, 0.05) is 54.6 Å². The molecule has 1 saturated heterocycles. The molecule has 0 atom stereocenters. The van der Waals surface area contributed by atoms with Crippen LogP contribution in [0.3, 0.4) is 0 Å². The van der Waals surface area contributed by atoms with E-state index in [9.17, 15) is 0 Å². The van der Waals surface area contributed by atoms with E-state index in [0.29, 0.717) is 6.61 Å². The number of hydrogen-bond acceptors (Lipinski definition) is 6. The van der Waals surface area contributed by atoms with Crippen LogP contribution in [0, 0.1) is 0 Å². The third kappa shape index (κ3) is 4.89. The Labute approximate surface area is 160 Å². The molecule has 0 unspecified atom stereocenters. The number of benzene rings is 1. The molecule has 1 aromatic carbocycles. The molecule has 5 nitrogen and oxygen atoms in total. The van der Waals surface area contributed by atoms with Crippen LogP contribution in [0.2, 0.25) is 0 Å². The van der Waals surface area contributed by atoms with Crippen LogP contribution in [-0.4, -0.2) is 41.7 Å². The molecule has 1 N–H and O–H groups in total. The fourth-order valence-corrected chi connectivity index (χ4v) is 3.75. The van der Waals surface area contributed by atoms with Gasteiger partial charge < -0.3 is 15.0 Å². The maximum Gasteiger partial charge on any atom is 0.136 e. The number of nitrogens with zero attached hydrogens (tertiary/aromatic N) is 3. The van der Waals surface area contributed by atoms with Gasteiger partial charge in [-0.1, -0.05) is 20.8 Å². The highest BCUT2D eigenvalue weighted by Crippen LogP contribution is 2.25. The van der Waals surface area contributed by atoms with Crippen molar-refractivity contribution in [1.29, 1.82) is 0 Å². The van der Waals surface area contributed by atoms with Crippen molar-refractivity contribution < 1.29 is 4.74 Å². The van der Waals surface area contributed by atoms with Gasteiger partial charge in [0.05, 0.1) is 12.3 Å². The molecule has 1 aliphatic rings. The second-order valence-electron chi connectivity index (χ2n) is 7.52. The Morgan fingerprint density at radius 1 is 1.12 bits per heavy atom. The maximum absolute atomic E-state index is 5.26. The summed E-state index contributed by atoms with van der Waals surface area (Å²) < 4.78 is 5.26. The number of anilines is 3. The lowest BCUT2D eigenvalue weighted by Crippen LogP contribution is -2.32. The Morgan fingerprint density at radius 2 is 1.81 bits per heavy atom. The quantitative estimate of drug-likeness (QED) is 0.848. The Balaban J connectivity index is 1.78. The maximum atomic E-state index is 5.26. The summed E-state index contributed by atoms with van der Waals surface area (Å²) in [5.41, 5.74) is 3.09.